The van der Waals surface area contributed by atoms with Crippen molar-refractivity contribution in [3.05, 3.63) is 107 Å². The van der Waals surface area contributed by atoms with Crippen LogP contribution in [0.2, 0.25) is 0 Å². The Morgan fingerprint density at radius 3 is 1.68 bits per heavy atom. The van der Waals surface area contributed by atoms with E-state index in [1.807, 2.05) is 6.08 Å². The maximum Gasteiger partial charge on any atom is 0.123 e. The van der Waals surface area contributed by atoms with Gasteiger partial charge in [-0.1, -0.05) is 30.3 Å². The highest BCUT2D eigenvalue weighted by atomic mass is 16.3. The van der Waals surface area contributed by atoms with Gasteiger partial charge in [0, 0.05) is 29.5 Å². The number of benzene rings is 4. The van der Waals surface area contributed by atoms with Crippen molar-refractivity contribution >= 4 is 11.6 Å². The molecule has 170 valence electrons. The van der Waals surface area contributed by atoms with Gasteiger partial charge in [0.25, 0.3) is 0 Å². The van der Waals surface area contributed by atoms with Gasteiger partial charge in [-0.2, -0.15) is 0 Å². The molecule has 1 aliphatic rings. The van der Waals surface area contributed by atoms with Crippen LogP contribution >= 0.6 is 0 Å². The van der Waals surface area contributed by atoms with Gasteiger partial charge in [-0.05, 0) is 70.3 Å². The standard InChI is InChI=1S/C28H22O6/c29-18-5-1-15(2-6-18)9-23-24-13-22(33)14-25(34)28(24)27(17-10-20(31)12-21(32)11-17)26(23)16-3-7-19(30)8-4-16/h1-14,26-27,29-34H/b23-9-/t26-,27+/m1/s1. The summed E-state index contributed by atoms with van der Waals surface area (Å²) in [4.78, 5) is 0. The highest BCUT2D eigenvalue weighted by Gasteiger charge is 2.41. The van der Waals surface area contributed by atoms with E-state index in [2.05, 4.69) is 0 Å². The number of fused-ring (bicyclic) bond motifs is 1. The first kappa shape index (κ1) is 21.3. The van der Waals surface area contributed by atoms with Gasteiger partial charge in [0.15, 0.2) is 0 Å². The van der Waals surface area contributed by atoms with Gasteiger partial charge in [-0.3, -0.25) is 0 Å². The molecule has 6 nitrogen and oxygen atoms in total. The van der Waals surface area contributed by atoms with Crippen molar-refractivity contribution in [1.82, 2.24) is 0 Å². The molecule has 0 heterocycles. The van der Waals surface area contributed by atoms with Crippen molar-refractivity contribution in [2.45, 2.75) is 11.8 Å². The Kier molecular flexibility index (Phi) is 5.06. The lowest BCUT2D eigenvalue weighted by atomic mass is 9.79. The zero-order valence-corrected chi connectivity index (χ0v) is 17.9. The second-order valence-electron chi connectivity index (χ2n) is 8.45. The summed E-state index contributed by atoms with van der Waals surface area (Å²) in [6, 6.07) is 20.5. The van der Waals surface area contributed by atoms with Crippen LogP contribution in [0, 0.1) is 0 Å². The Hall–Kier alpha value is -4.58. The molecule has 0 radical (unpaired) electrons. The molecule has 0 fully saturated rings. The number of hydrogen-bond acceptors (Lipinski definition) is 6. The molecule has 0 unspecified atom stereocenters. The summed E-state index contributed by atoms with van der Waals surface area (Å²) >= 11 is 0. The molecule has 0 saturated carbocycles. The van der Waals surface area contributed by atoms with E-state index in [0.717, 1.165) is 16.7 Å². The number of allylic oxidation sites excluding steroid dienone is 1. The normalized spacial score (nSPS) is 18.2. The zero-order valence-electron chi connectivity index (χ0n) is 17.9. The largest absolute Gasteiger partial charge is 0.508 e. The monoisotopic (exact) mass is 454 g/mol. The molecule has 4 aromatic rings. The first-order valence-electron chi connectivity index (χ1n) is 10.7. The van der Waals surface area contributed by atoms with Gasteiger partial charge >= 0.3 is 0 Å². The van der Waals surface area contributed by atoms with Crippen molar-refractivity contribution < 1.29 is 30.6 Å². The minimum absolute atomic E-state index is 0.100. The van der Waals surface area contributed by atoms with Crippen LogP contribution in [0.5, 0.6) is 34.5 Å². The van der Waals surface area contributed by atoms with Crippen LogP contribution in [0.25, 0.3) is 11.6 Å². The number of rotatable bonds is 3. The first-order valence-corrected chi connectivity index (χ1v) is 10.7. The molecule has 1 aliphatic carbocycles. The second-order valence-corrected chi connectivity index (χ2v) is 8.45. The fourth-order valence-electron chi connectivity index (χ4n) is 4.83. The average molecular weight is 454 g/mol. The van der Waals surface area contributed by atoms with Crippen LogP contribution in [-0.2, 0) is 0 Å². The molecular weight excluding hydrogens is 432 g/mol. The number of phenolic OH excluding ortho intramolecular Hbond substituents is 6. The maximum absolute atomic E-state index is 10.9. The average Bonchev–Trinajstić information content (AvgIpc) is 3.09. The van der Waals surface area contributed by atoms with E-state index in [9.17, 15) is 30.6 Å². The van der Waals surface area contributed by atoms with E-state index in [4.69, 9.17) is 0 Å². The quantitative estimate of drug-likeness (QED) is 0.247. The minimum Gasteiger partial charge on any atom is -0.508 e. The molecule has 0 bridgehead atoms. The molecule has 0 amide bonds. The Morgan fingerprint density at radius 2 is 1.06 bits per heavy atom. The Balaban J connectivity index is 1.82. The summed E-state index contributed by atoms with van der Waals surface area (Å²) in [6.07, 6.45) is 1.91. The Labute approximate surface area is 195 Å². The van der Waals surface area contributed by atoms with Crippen LogP contribution in [0.3, 0.4) is 0 Å². The summed E-state index contributed by atoms with van der Waals surface area (Å²) in [5, 5.41) is 61.2. The van der Waals surface area contributed by atoms with Gasteiger partial charge in [0.2, 0.25) is 0 Å². The third-order valence-electron chi connectivity index (χ3n) is 6.18. The molecule has 6 N–H and O–H groups in total. The lowest BCUT2D eigenvalue weighted by Crippen LogP contribution is -2.08. The lowest BCUT2D eigenvalue weighted by molar-refractivity contribution is 0.440. The van der Waals surface area contributed by atoms with E-state index >= 15 is 0 Å². The molecule has 0 aliphatic heterocycles. The molecule has 4 aromatic carbocycles. The van der Waals surface area contributed by atoms with Gasteiger partial charge < -0.3 is 30.6 Å². The van der Waals surface area contributed by atoms with E-state index in [-0.39, 0.29) is 34.5 Å². The Bertz CT molecular complexity index is 1380. The molecule has 5 rings (SSSR count). The van der Waals surface area contributed by atoms with Crippen molar-refractivity contribution in [2.24, 2.45) is 0 Å². The van der Waals surface area contributed by atoms with E-state index in [1.165, 1.54) is 24.3 Å². The molecule has 2 atom stereocenters. The number of phenols is 6. The van der Waals surface area contributed by atoms with Crippen LogP contribution < -0.4 is 0 Å². The van der Waals surface area contributed by atoms with Crippen LogP contribution in [0.4, 0.5) is 0 Å². The molecule has 0 spiro atoms. The molecular formula is C28H22O6. The minimum atomic E-state index is -0.512. The lowest BCUT2D eigenvalue weighted by Gasteiger charge is -2.23. The zero-order chi connectivity index (χ0) is 24.0. The van der Waals surface area contributed by atoms with E-state index < -0.39 is 11.8 Å². The van der Waals surface area contributed by atoms with Crippen molar-refractivity contribution in [2.75, 3.05) is 0 Å². The SMILES string of the molecule is Oc1ccc(/C=C2/c3cc(O)cc(O)c3[C@@H](c3cc(O)cc(O)c3)[C@@H]2c2ccc(O)cc2)cc1. The molecule has 34 heavy (non-hydrogen) atoms. The van der Waals surface area contributed by atoms with Crippen LogP contribution in [0.15, 0.2) is 78.9 Å². The van der Waals surface area contributed by atoms with E-state index in [0.29, 0.717) is 16.7 Å². The summed E-state index contributed by atoms with van der Waals surface area (Å²) < 4.78 is 0. The summed E-state index contributed by atoms with van der Waals surface area (Å²) in [5.41, 5.74) is 4.15. The third kappa shape index (κ3) is 3.75. The van der Waals surface area contributed by atoms with Crippen LogP contribution in [0.1, 0.15) is 39.7 Å². The second kappa shape index (κ2) is 8.08. The molecule has 6 heteroatoms. The molecule has 0 saturated heterocycles. The number of hydrogen-bond donors (Lipinski definition) is 6. The topological polar surface area (TPSA) is 121 Å². The fourth-order valence-corrected chi connectivity index (χ4v) is 4.83. The maximum atomic E-state index is 10.9. The summed E-state index contributed by atoms with van der Waals surface area (Å²) in [7, 11) is 0. The third-order valence-corrected chi connectivity index (χ3v) is 6.18. The summed E-state index contributed by atoms with van der Waals surface area (Å²) in [6.45, 7) is 0. The smallest absolute Gasteiger partial charge is 0.123 e. The number of aromatic hydroxyl groups is 6. The highest BCUT2D eigenvalue weighted by molar-refractivity contribution is 5.93. The summed E-state index contributed by atoms with van der Waals surface area (Å²) in [5.74, 6) is -1.11. The van der Waals surface area contributed by atoms with Gasteiger partial charge in [-0.25, -0.2) is 0 Å². The Morgan fingerprint density at radius 1 is 0.500 bits per heavy atom. The highest BCUT2D eigenvalue weighted by Crippen LogP contribution is 2.58. The van der Waals surface area contributed by atoms with Crippen molar-refractivity contribution in [3.63, 3.8) is 0 Å². The van der Waals surface area contributed by atoms with Crippen LogP contribution in [-0.4, -0.2) is 30.6 Å². The predicted molar refractivity (Wildman–Crippen MR) is 128 cm³/mol. The van der Waals surface area contributed by atoms with Crippen molar-refractivity contribution in [3.8, 4) is 34.5 Å². The van der Waals surface area contributed by atoms with Crippen molar-refractivity contribution in [1.29, 1.82) is 0 Å². The van der Waals surface area contributed by atoms with Gasteiger partial charge in [-0.15, -0.1) is 0 Å². The van der Waals surface area contributed by atoms with Gasteiger partial charge in [0.1, 0.15) is 34.5 Å². The first-order chi connectivity index (χ1) is 16.3. The van der Waals surface area contributed by atoms with Gasteiger partial charge in [0.05, 0.1) is 0 Å². The fraction of sp³-hybridized carbons (Fsp3) is 0.0714. The molecule has 0 aromatic heterocycles. The van der Waals surface area contributed by atoms with E-state index in [1.54, 1.807) is 54.6 Å². The predicted octanol–water partition coefficient (Wildman–Crippen LogP) is 5.39.